The van der Waals surface area contributed by atoms with Gasteiger partial charge in [-0.1, -0.05) is 49.4 Å². The molecule has 2 aromatic carbocycles. The number of carbonyl (C=O) groups is 2. The van der Waals surface area contributed by atoms with Crippen LogP contribution in [0.2, 0.25) is 0 Å². The van der Waals surface area contributed by atoms with Gasteiger partial charge in [-0.05, 0) is 36.2 Å². The number of fused-ring (bicyclic) bond motifs is 1. The van der Waals surface area contributed by atoms with E-state index in [4.69, 9.17) is 4.42 Å². The van der Waals surface area contributed by atoms with Crippen LogP contribution in [0, 0.1) is 6.92 Å². The van der Waals surface area contributed by atoms with Crippen molar-refractivity contribution in [1.29, 1.82) is 0 Å². The SMILES string of the molecule is CCCN1C(=O)C(=O)/C(=C(\O)c2cccc3ccccc23)C1c1ccc(C)o1. The third kappa shape index (κ3) is 2.80. The number of carbonyl (C=O) groups excluding carboxylic acids is 2. The molecule has 0 radical (unpaired) electrons. The maximum Gasteiger partial charge on any atom is 0.295 e. The zero-order valence-electron chi connectivity index (χ0n) is 15.8. The molecule has 1 unspecified atom stereocenters. The number of Topliss-reactive ketones (excluding diaryl/α,β-unsaturated/α-hetero) is 1. The Morgan fingerprint density at radius 1 is 1.07 bits per heavy atom. The third-order valence-electron chi connectivity index (χ3n) is 5.08. The van der Waals surface area contributed by atoms with Crippen molar-refractivity contribution < 1.29 is 19.1 Å². The van der Waals surface area contributed by atoms with E-state index in [0.29, 0.717) is 30.0 Å². The van der Waals surface area contributed by atoms with Crippen LogP contribution in [0.15, 0.2) is 64.6 Å². The summed E-state index contributed by atoms with van der Waals surface area (Å²) in [4.78, 5) is 27.0. The summed E-state index contributed by atoms with van der Waals surface area (Å²) in [5, 5.41) is 12.9. The molecule has 3 aromatic rings. The Kier molecular flexibility index (Phi) is 4.51. The Bertz CT molecular complexity index is 1100. The quantitative estimate of drug-likeness (QED) is 0.412. The molecule has 4 rings (SSSR count). The summed E-state index contributed by atoms with van der Waals surface area (Å²) in [7, 11) is 0. The molecular formula is C23H21NO4. The number of aryl methyl sites for hydroxylation is 1. The number of hydrogen-bond donors (Lipinski definition) is 1. The number of likely N-dealkylation sites (tertiary alicyclic amines) is 1. The Labute approximate surface area is 162 Å². The van der Waals surface area contributed by atoms with Crippen molar-refractivity contribution in [3.63, 3.8) is 0 Å². The summed E-state index contributed by atoms with van der Waals surface area (Å²) in [6, 6.07) is 16.0. The summed E-state index contributed by atoms with van der Waals surface area (Å²) < 4.78 is 5.75. The molecule has 1 aromatic heterocycles. The second-order valence-electron chi connectivity index (χ2n) is 6.97. The molecule has 1 amide bonds. The van der Waals surface area contributed by atoms with E-state index in [1.54, 1.807) is 25.1 Å². The number of rotatable bonds is 4. The molecule has 0 saturated carbocycles. The molecule has 5 heteroatoms. The molecule has 142 valence electrons. The average molecular weight is 375 g/mol. The van der Waals surface area contributed by atoms with Crippen LogP contribution < -0.4 is 0 Å². The first-order valence-corrected chi connectivity index (χ1v) is 9.35. The van der Waals surface area contributed by atoms with E-state index in [9.17, 15) is 14.7 Å². The van der Waals surface area contributed by atoms with Gasteiger partial charge in [0.1, 0.15) is 23.3 Å². The molecule has 0 spiro atoms. The smallest absolute Gasteiger partial charge is 0.295 e. The number of amides is 1. The Morgan fingerprint density at radius 3 is 2.54 bits per heavy atom. The number of benzene rings is 2. The number of aliphatic hydroxyl groups excluding tert-OH is 1. The van der Waals surface area contributed by atoms with Crippen molar-refractivity contribution in [3.05, 3.63) is 77.3 Å². The van der Waals surface area contributed by atoms with Crippen LogP contribution >= 0.6 is 0 Å². The van der Waals surface area contributed by atoms with Crippen molar-refractivity contribution in [2.24, 2.45) is 0 Å². The van der Waals surface area contributed by atoms with Gasteiger partial charge in [-0.15, -0.1) is 0 Å². The fourth-order valence-electron chi connectivity index (χ4n) is 3.82. The summed E-state index contributed by atoms with van der Waals surface area (Å²) >= 11 is 0. The molecule has 1 aliphatic heterocycles. The first kappa shape index (κ1) is 18.0. The molecule has 5 nitrogen and oxygen atoms in total. The van der Waals surface area contributed by atoms with Gasteiger partial charge in [0, 0.05) is 12.1 Å². The summed E-state index contributed by atoms with van der Waals surface area (Å²) in [6.07, 6.45) is 0.692. The summed E-state index contributed by atoms with van der Waals surface area (Å²) in [5.41, 5.74) is 0.602. The average Bonchev–Trinajstić information content (AvgIpc) is 3.23. The molecule has 28 heavy (non-hydrogen) atoms. The summed E-state index contributed by atoms with van der Waals surface area (Å²) in [5.74, 6) is -0.303. The van der Waals surface area contributed by atoms with Crippen LogP contribution in [0.4, 0.5) is 0 Å². The predicted molar refractivity (Wildman–Crippen MR) is 107 cm³/mol. The van der Waals surface area contributed by atoms with E-state index in [1.807, 2.05) is 43.3 Å². The van der Waals surface area contributed by atoms with Gasteiger partial charge in [0.25, 0.3) is 11.7 Å². The van der Waals surface area contributed by atoms with Crippen molar-refractivity contribution in [1.82, 2.24) is 4.90 Å². The lowest BCUT2D eigenvalue weighted by Crippen LogP contribution is -2.30. The van der Waals surface area contributed by atoms with Crippen LogP contribution in [0.1, 0.15) is 36.5 Å². The van der Waals surface area contributed by atoms with Gasteiger partial charge in [-0.3, -0.25) is 9.59 Å². The molecule has 2 heterocycles. The molecule has 1 aliphatic rings. The number of hydrogen-bond acceptors (Lipinski definition) is 4. The van der Waals surface area contributed by atoms with Gasteiger partial charge in [0.15, 0.2) is 0 Å². The fraction of sp³-hybridized carbons (Fsp3) is 0.217. The van der Waals surface area contributed by atoms with Crippen molar-refractivity contribution >= 4 is 28.2 Å². The highest BCUT2D eigenvalue weighted by Gasteiger charge is 2.47. The molecule has 1 saturated heterocycles. The first-order chi connectivity index (χ1) is 13.5. The van der Waals surface area contributed by atoms with E-state index >= 15 is 0 Å². The second-order valence-corrected chi connectivity index (χ2v) is 6.97. The highest BCUT2D eigenvalue weighted by molar-refractivity contribution is 6.46. The lowest BCUT2D eigenvalue weighted by molar-refractivity contribution is -0.140. The van der Waals surface area contributed by atoms with Crippen LogP contribution in [0.3, 0.4) is 0 Å². The predicted octanol–water partition coefficient (Wildman–Crippen LogP) is 4.57. The fourth-order valence-corrected chi connectivity index (χ4v) is 3.82. The number of ketones is 1. The zero-order valence-corrected chi connectivity index (χ0v) is 15.8. The highest BCUT2D eigenvalue weighted by atomic mass is 16.3. The third-order valence-corrected chi connectivity index (χ3v) is 5.08. The maximum absolute atomic E-state index is 12.9. The van der Waals surface area contributed by atoms with Crippen molar-refractivity contribution in [2.75, 3.05) is 6.54 Å². The molecule has 1 N–H and O–H groups in total. The monoisotopic (exact) mass is 375 g/mol. The van der Waals surface area contributed by atoms with Crippen LogP contribution in [0.5, 0.6) is 0 Å². The molecule has 1 atom stereocenters. The van der Waals surface area contributed by atoms with Gasteiger partial charge in [0.05, 0.1) is 5.57 Å². The Hall–Kier alpha value is -3.34. The van der Waals surface area contributed by atoms with Crippen molar-refractivity contribution in [3.8, 4) is 0 Å². The molecule has 0 bridgehead atoms. The molecule has 0 aliphatic carbocycles. The number of nitrogens with zero attached hydrogens (tertiary/aromatic N) is 1. The Morgan fingerprint density at radius 2 is 1.82 bits per heavy atom. The van der Waals surface area contributed by atoms with Gasteiger partial charge in [0.2, 0.25) is 0 Å². The standard InChI is InChI=1S/C23H21NO4/c1-3-13-24-20(18-12-11-14(2)28-18)19(22(26)23(24)27)21(25)17-10-6-8-15-7-4-5-9-16(15)17/h4-12,20,25H,3,13H2,1-2H3/b21-19-. The van der Waals surface area contributed by atoms with E-state index in [0.717, 1.165) is 10.8 Å². The topological polar surface area (TPSA) is 70.8 Å². The van der Waals surface area contributed by atoms with Gasteiger partial charge in [-0.2, -0.15) is 0 Å². The maximum atomic E-state index is 12.9. The highest BCUT2D eigenvalue weighted by Crippen LogP contribution is 2.41. The van der Waals surface area contributed by atoms with Crippen LogP contribution in [-0.4, -0.2) is 28.2 Å². The lowest BCUT2D eigenvalue weighted by atomic mass is 9.96. The first-order valence-electron chi connectivity index (χ1n) is 9.35. The van der Waals surface area contributed by atoms with Crippen LogP contribution in [-0.2, 0) is 9.59 Å². The minimum atomic E-state index is -0.729. The molecular weight excluding hydrogens is 354 g/mol. The van der Waals surface area contributed by atoms with E-state index < -0.39 is 17.7 Å². The zero-order chi connectivity index (χ0) is 19.8. The summed E-state index contributed by atoms with van der Waals surface area (Å²) in [6.45, 7) is 4.15. The minimum Gasteiger partial charge on any atom is -0.507 e. The number of furan rings is 1. The van der Waals surface area contributed by atoms with Gasteiger partial charge >= 0.3 is 0 Å². The van der Waals surface area contributed by atoms with E-state index in [1.165, 1.54) is 4.90 Å². The number of aliphatic hydroxyl groups is 1. The molecule has 1 fully saturated rings. The largest absolute Gasteiger partial charge is 0.507 e. The van der Waals surface area contributed by atoms with Crippen LogP contribution in [0.25, 0.3) is 16.5 Å². The van der Waals surface area contributed by atoms with Crippen molar-refractivity contribution in [2.45, 2.75) is 26.3 Å². The van der Waals surface area contributed by atoms with Gasteiger partial charge in [-0.25, -0.2) is 0 Å². The van der Waals surface area contributed by atoms with E-state index in [2.05, 4.69) is 0 Å². The normalized spacial score (nSPS) is 18.9. The Balaban J connectivity index is 1.96. The second kappa shape index (κ2) is 7.00. The van der Waals surface area contributed by atoms with E-state index in [-0.39, 0.29) is 11.3 Å². The lowest BCUT2D eigenvalue weighted by Gasteiger charge is -2.22. The minimum absolute atomic E-state index is 0.0733. The van der Waals surface area contributed by atoms with Gasteiger partial charge < -0.3 is 14.4 Å².